The quantitative estimate of drug-likeness (QED) is 0.792. The second kappa shape index (κ2) is 7.79. The second-order valence-electron chi connectivity index (χ2n) is 4.89. The summed E-state index contributed by atoms with van der Waals surface area (Å²) in [5.74, 6) is 0.592. The van der Waals surface area contributed by atoms with Crippen molar-refractivity contribution in [3.63, 3.8) is 0 Å². The molecule has 2 rings (SSSR count). The molecule has 0 aliphatic rings. The van der Waals surface area contributed by atoms with Crippen LogP contribution in [0.4, 0.5) is 5.69 Å². The highest BCUT2D eigenvalue weighted by molar-refractivity contribution is 6.33. The van der Waals surface area contributed by atoms with Crippen LogP contribution in [0.2, 0.25) is 5.02 Å². The Kier molecular flexibility index (Phi) is 5.76. The van der Waals surface area contributed by atoms with Crippen molar-refractivity contribution in [2.75, 3.05) is 26.6 Å². The van der Waals surface area contributed by atoms with E-state index in [2.05, 4.69) is 5.32 Å². The SMILES string of the molecule is COc1cc(CNc2ccc(C(=O)O)c(Cl)c2)cc(OC)c1OC. The number of hydrogen-bond donors (Lipinski definition) is 2. The average Bonchev–Trinajstić information content (AvgIpc) is 2.58. The first kappa shape index (κ1) is 17.7. The third-order valence-corrected chi connectivity index (χ3v) is 3.73. The van der Waals surface area contributed by atoms with Gasteiger partial charge in [-0.25, -0.2) is 4.79 Å². The van der Waals surface area contributed by atoms with Gasteiger partial charge >= 0.3 is 5.97 Å². The maximum absolute atomic E-state index is 11.0. The highest BCUT2D eigenvalue weighted by Gasteiger charge is 2.13. The predicted octanol–water partition coefficient (Wildman–Crippen LogP) is 3.68. The van der Waals surface area contributed by atoms with Gasteiger partial charge in [0.1, 0.15) is 0 Å². The fraction of sp³-hybridized carbons (Fsp3) is 0.235. The molecule has 128 valence electrons. The summed E-state index contributed by atoms with van der Waals surface area (Å²) in [5, 5.41) is 12.3. The van der Waals surface area contributed by atoms with Gasteiger partial charge in [-0.15, -0.1) is 0 Å². The molecular formula is C17H18ClNO5. The molecule has 6 nitrogen and oxygen atoms in total. The molecule has 0 amide bonds. The van der Waals surface area contributed by atoms with Gasteiger partial charge < -0.3 is 24.6 Å². The molecule has 0 spiro atoms. The lowest BCUT2D eigenvalue weighted by molar-refractivity contribution is 0.0697. The molecule has 0 radical (unpaired) electrons. The van der Waals surface area contributed by atoms with Gasteiger partial charge in [0.25, 0.3) is 0 Å². The molecule has 7 heteroatoms. The number of halogens is 1. The number of methoxy groups -OCH3 is 3. The first-order valence-corrected chi connectivity index (χ1v) is 7.43. The standard InChI is InChI=1S/C17H18ClNO5/c1-22-14-6-10(7-15(23-2)16(14)24-3)9-19-11-4-5-12(17(20)21)13(18)8-11/h4-8,19H,9H2,1-3H3,(H,20,21). The van der Waals surface area contributed by atoms with E-state index in [0.29, 0.717) is 29.5 Å². The number of hydrogen-bond acceptors (Lipinski definition) is 5. The number of aromatic carboxylic acids is 1. The number of anilines is 1. The number of carbonyl (C=O) groups is 1. The molecule has 2 N–H and O–H groups in total. The Morgan fingerprint density at radius 2 is 1.71 bits per heavy atom. The van der Waals surface area contributed by atoms with Crippen LogP contribution in [0.5, 0.6) is 17.2 Å². The number of rotatable bonds is 7. The number of nitrogens with one attached hydrogen (secondary N) is 1. The van der Waals surface area contributed by atoms with Gasteiger partial charge in [0, 0.05) is 12.2 Å². The van der Waals surface area contributed by atoms with Crippen LogP contribution >= 0.6 is 11.6 Å². The average molecular weight is 352 g/mol. The highest BCUT2D eigenvalue weighted by atomic mass is 35.5. The zero-order valence-corrected chi connectivity index (χ0v) is 14.3. The predicted molar refractivity (Wildman–Crippen MR) is 91.8 cm³/mol. The zero-order valence-electron chi connectivity index (χ0n) is 13.6. The first-order chi connectivity index (χ1) is 11.5. The van der Waals surface area contributed by atoms with E-state index in [-0.39, 0.29) is 10.6 Å². The molecule has 0 heterocycles. The minimum Gasteiger partial charge on any atom is -0.493 e. The number of ether oxygens (including phenoxy) is 3. The van der Waals surface area contributed by atoms with Crippen molar-refractivity contribution in [1.82, 2.24) is 0 Å². The van der Waals surface area contributed by atoms with Crippen LogP contribution in [0.1, 0.15) is 15.9 Å². The molecule has 0 aromatic heterocycles. The van der Waals surface area contributed by atoms with Crippen molar-refractivity contribution >= 4 is 23.3 Å². The molecule has 0 aliphatic heterocycles. The third kappa shape index (κ3) is 3.83. The minimum atomic E-state index is -1.06. The number of carboxylic acid groups (broad SMARTS) is 1. The van der Waals surface area contributed by atoms with Crippen molar-refractivity contribution in [3.05, 3.63) is 46.5 Å². The summed E-state index contributed by atoms with van der Waals surface area (Å²) < 4.78 is 15.9. The van der Waals surface area contributed by atoms with E-state index >= 15 is 0 Å². The normalized spacial score (nSPS) is 10.2. The van der Waals surface area contributed by atoms with Gasteiger partial charge in [-0.3, -0.25) is 0 Å². The summed E-state index contributed by atoms with van der Waals surface area (Å²) in [5.41, 5.74) is 1.68. The lowest BCUT2D eigenvalue weighted by Crippen LogP contribution is -2.03. The molecule has 2 aromatic rings. The van der Waals surface area contributed by atoms with Gasteiger partial charge in [0.2, 0.25) is 5.75 Å². The monoisotopic (exact) mass is 351 g/mol. The lowest BCUT2D eigenvalue weighted by Gasteiger charge is -2.15. The Labute approximate surface area is 144 Å². The van der Waals surface area contributed by atoms with Crippen molar-refractivity contribution in [1.29, 1.82) is 0 Å². The zero-order chi connectivity index (χ0) is 17.7. The van der Waals surface area contributed by atoms with E-state index in [1.54, 1.807) is 33.5 Å². The topological polar surface area (TPSA) is 77.0 Å². The Hall–Kier alpha value is -2.60. The van der Waals surface area contributed by atoms with Gasteiger partial charge in [0.05, 0.1) is 31.9 Å². The molecule has 0 aliphatic carbocycles. The third-order valence-electron chi connectivity index (χ3n) is 3.42. The molecule has 24 heavy (non-hydrogen) atoms. The van der Waals surface area contributed by atoms with Crippen molar-refractivity contribution < 1.29 is 24.1 Å². The van der Waals surface area contributed by atoms with Gasteiger partial charge in [0.15, 0.2) is 11.5 Å². The summed E-state index contributed by atoms with van der Waals surface area (Å²) in [7, 11) is 4.65. The Balaban J connectivity index is 2.20. The van der Waals surface area contributed by atoms with Crippen molar-refractivity contribution in [2.24, 2.45) is 0 Å². The Morgan fingerprint density at radius 3 is 2.17 bits per heavy atom. The maximum atomic E-state index is 11.0. The highest BCUT2D eigenvalue weighted by Crippen LogP contribution is 2.38. The summed E-state index contributed by atoms with van der Waals surface area (Å²) in [6.45, 7) is 0.472. The number of benzene rings is 2. The van der Waals surface area contributed by atoms with Crippen LogP contribution < -0.4 is 19.5 Å². The molecule has 0 bridgehead atoms. The van der Waals surface area contributed by atoms with E-state index in [9.17, 15) is 4.79 Å². The van der Waals surface area contributed by atoms with Gasteiger partial charge in [-0.05, 0) is 35.9 Å². The molecule has 2 aromatic carbocycles. The molecule has 0 atom stereocenters. The largest absolute Gasteiger partial charge is 0.493 e. The molecule has 0 saturated carbocycles. The van der Waals surface area contributed by atoms with Crippen LogP contribution in [-0.2, 0) is 6.54 Å². The minimum absolute atomic E-state index is 0.0648. The molecule has 0 saturated heterocycles. The van der Waals surface area contributed by atoms with E-state index in [1.165, 1.54) is 6.07 Å². The summed E-state index contributed by atoms with van der Waals surface area (Å²) >= 11 is 5.96. The second-order valence-corrected chi connectivity index (χ2v) is 5.29. The fourth-order valence-electron chi connectivity index (χ4n) is 2.24. The summed E-state index contributed by atoms with van der Waals surface area (Å²) in [6.07, 6.45) is 0. The Bertz CT molecular complexity index is 723. The fourth-order valence-corrected chi connectivity index (χ4v) is 2.50. The van der Waals surface area contributed by atoms with Crippen LogP contribution in [-0.4, -0.2) is 32.4 Å². The lowest BCUT2D eigenvalue weighted by atomic mass is 10.1. The van der Waals surface area contributed by atoms with Gasteiger partial charge in [-0.1, -0.05) is 11.6 Å². The van der Waals surface area contributed by atoms with E-state index in [0.717, 1.165) is 5.56 Å². The van der Waals surface area contributed by atoms with E-state index in [4.69, 9.17) is 30.9 Å². The van der Waals surface area contributed by atoms with Crippen LogP contribution in [0.25, 0.3) is 0 Å². The van der Waals surface area contributed by atoms with Crippen LogP contribution in [0, 0.1) is 0 Å². The van der Waals surface area contributed by atoms with Crippen LogP contribution in [0.3, 0.4) is 0 Å². The first-order valence-electron chi connectivity index (χ1n) is 7.05. The van der Waals surface area contributed by atoms with Crippen molar-refractivity contribution in [3.8, 4) is 17.2 Å². The summed E-state index contributed by atoms with van der Waals surface area (Å²) in [6, 6.07) is 8.36. The van der Waals surface area contributed by atoms with Crippen LogP contribution in [0.15, 0.2) is 30.3 Å². The summed E-state index contributed by atoms with van der Waals surface area (Å²) in [4.78, 5) is 11.0. The maximum Gasteiger partial charge on any atom is 0.337 e. The smallest absolute Gasteiger partial charge is 0.337 e. The van der Waals surface area contributed by atoms with Gasteiger partial charge in [-0.2, -0.15) is 0 Å². The van der Waals surface area contributed by atoms with Crippen molar-refractivity contribution in [2.45, 2.75) is 6.54 Å². The molecule has 0 unspecified atom stereocenters. The molecular weight excluding hydrogens is 334 g/mol. The molecule has 0 fully saturated rings. The Morgan fingerprint density at radius 1 is 1.08 bits per heavy atom. The number of carboxylic acids is 1. The van der Waals surface area contributed by atoms with E-state index < -0.39 is 5.97 Å². The van der Waals surface area contributed by atoms with E-state index in [1.807, 2.05) is 12.1 Å².